The average molecular weight is 1410 g/mol. The van der Waals surface area contributed by atoms with Gasteiger partial charge in [0.1, 0.15) is 55.5 Å². The second-order valence-electron chi connectivity index (χ2n) is 22.3. The van der Waals surface area contributed by atoms with Crippen molar-refractivity contribution in [3.63, 3.8) is 0 Å². The van der Waals surface area contributed by atoms with Crippen molar-refractivity contribution in [1.82, 2.24) is 52.7 Å². The predicted molar refractivity (Wildman–Crippen MR) is 374 cm³/mol. The lowest BCUT2D eigenvalue weighted by Crippen LogP contribution is -2.60. The van der Waals surface area contributed by atoms with Gasteiger partial charge in [0, 0.05) is 75.4 Å². The predicted octanol–water partition coefficient (Wildman–Crippen LogP) is -4.45. The first kappa shape index (κ1) is 80.9. The first-order valence-electron chi connectivity index (χ1n) is 31.9. The molecular formula is C61H96N22O13P2. The van der Waals surface area contributed by atoms with E-state index in [-0.39, 0.29) is 183 Å². The number of benzene rings is 3. The standard InChI is InChI=1S/C61H96N22O13P2/c1-2-94-35-49(85)82-97-98-83-50(86)36-96-31-30-95-29-28-70-48(84)23-22-45-55(91)80-46(33-37-12-4-3-5-13-37)57(93)81-47(34-38-20-21-39-14-6-7-15-40(39)32-38)56(92)78-44(19-11-27-74-61(68)69)53(89)76-42(17-9-25-72-59(64)65)51(87)75-41(16-8-24-71-58(62)63)52(88)77-43(54(90)79-45)18-10-26-73-60(66)67/h3-7,12-15,20-21,32,41-47,97-98H,2,8-11,16-19,22-31,33-36H2,1H3,(H,70,84)(H,75,87)(H,76,89)(H,77,88)(H,78,92)(H,79,90)(H,80,91)(H,81,93)(H,82,85)(H,83,86)(H4,62,63,71)(H4,64,65,72)(H4,66,67,73)(H4,68,69,74)/t41-,42+,43+,44-,45-,46+,47-/m0/s1. The number of rotatable bonds is 37. The van der Waals surface area contributed by atoms with Gasteiger partial charge in [0.05, 0.1) is 19.8 Å². The van der Waals surface area contributed by atoms with Crippen LogP contribution in [0.3, 0.4) is 0 Å². The summed E-state index contributed by atoms with van der Waals surface area (Å²) in [5, 5.41) is 28.9. The smallest absolute Gasteiger partial charge is 0.249 e. The second-order valence-corrected chi connectivity index (χ2v) is 24.8. The van der Waals surface area contributed by atoms with E-state index in [1.807, 2.05) is 36.4 Å². The van der Waals surface area contributed by atoms with Gasteiger partial charge in [0.15, 0.2) is 23.8 Å². The molecule has 1 fully saturated rings. The fourth-order valence-corrected chi connectivity index (χ4v) is 11.4. The normalized spacial score (nSPS) is 19.1. The quantitative estimate of drug-likeness (QED) is 0.0112. The number of nitrogens with two attached hydrogens (primary N) is 8. The van der Waals surface area contributed by atoms with Crippen molar-refractivity contribution in [2.75, 3.05) is 72.4 Å². The summed E-state index contributed by atoms with van der Waals surface area (Å²) in [6.45, 7) is 1.89. The van der Waals surface area contributed by atoms with Crippen LogP contribution < -0.4 is 98.6 Å². The molecule has 0 spiro atoms. The summed E-state index contributed by atoms with van der Waals surface area (Å²) in [6, 6.07) is 11.1. The molecule has 98 heavy (non-hydrogen) atoms. The van der Waals surface area contributed by atoms with Gasteiger partial charge in [-0.3, -0.25) is 67.9 Å². The molecule has 4 rings (SSSR count). The molecule has 26 N–H and O–H groups in total. The summed E-state index contributed by atoms with van der Waals surface area (Å²) in [5.74, 6) is -8.54. The fraction of sp³-hybridized carbons (Fsp3) is 0.508. The Morgan fingerprint density at radius 1 is 0.418 bits per heavy atom. The van der Waals surface area contributed by atoms with Gasteiger partial charge in [-0.25, -0.2) is 0 Å². The van der Waals surface area contributed by atoms with Crippen LogP contribution in [0.1, 0.15) is 82.3 Å². The molecule has 37 heteroatoms. The van der Waals surface area contributed by atoms with Crippen LogP contribution >= 0.6 is 16.8 Å². The number of amides is 10. The Morgan fingerprint density at radius 3 is 1.21 bits per heavy atom. The van der Waals surface area contributed by atoms with E-state index in [1.165, 1.54) is 0 Å². The fourth-order valence-electron chi connectivity index (χ4n) is 9.61. The zero-order valence-electron chi connectivity index (χ0n) is 54.9. The number of guanidine groups is 4. The van der Waals surface area contributed by atoms with Gasteiger partial charge < -0.3 is 113 Å². The van der Waals surface area contributed by atoms with E-state index in [1.54, 1.807) is 43.3 Å². The van der Waals surface area contributed by atoms with Crippen LogP contribution in [0, 0.1) is 0 Å². The summed E-state index contributed by atoms with van der Waals surface area (Å²) < 4.78 is 16.0. The minimum absolute atomic E-state index is 0.00407. The van der Waals surface area contributed by atoms with E-state index < -0.39 is 102 Å². The van der Waals surface area contributed by atoms with Crippen LogP contribution in [0.2, 0.25) is 0 Å². The molecule has 35 nitrogen and oxygen atoms in total. The Hall–Kier alpha value is -9.56. The highest BCUT2D eigenvalue weighted by Crippen LogP contribution is 2.28. The largest absolute Gasteiger partial charge is 0.377 e. The number of carbonyl (C=O) groups excluding carboxylic acids is 10. The Kier molecular flexibility index (Phi) is 37.8. The molecule has 1 saturated heterocycles. The molecule has 0 aromatic heterocycles. The van der Waals surface area contributed by atoms with E-state index in [4.69, 9.17) is 60.1 Å². The van der Waals surface area contributed by atoms with Crippen molar-refractivity contribution in [2.45, 2.75) is 126 Å². The first-order valence-corrected chi connectivity index (χ1v) is 34.9. The molecule has 3 aromatic carbocycles. The lowest BCUT2D eigenvalue weighted by atomic mass is 9.99. The summed E-state index contributed by atoms with van der Waals surface area (Å²) in [4.78, 5) is 158. The molecule has 0 bridgehead atoms. The summed E-state index contributed by atoms with van der Waals surface area (Å²) in [7, 11) is -0.0977. The van der Waals surface area contributed by atoms with E-state index in [0.29, 0.717) is 17.7 Å². The number of nitrogens with one attached hydrogen (secondary N) is 10. The van der Waals surface area contributed by atoms with E-state index in [0.717, 1.165) is 10.8 Å². The third kappa shape index (κ3) is 33.4. The summed E-state index contributed by atoms with van der Waals surface area (Å²) >= 11 is 0. The topological polar surface area (TPSA) is 576 Å². The van der Waals surface area contributed by atoms with Gasteiger partial charge in [0.2, 0.25) is 59.1 Å². The molecule has 1 aliphatic rings. The highest BCUT2D eigenvalue weighted by Gasteiger charge is 2.36. The van der Waals surface area contributed by atoms with Crippen molar-refractivity contribution < 1.29 is 62.2 Å². The van der Waals surface area contributed by atoms with Crippen LogP contribution in [-0.2, 0) is 75.0 Å². The maximum atomic E-state index is 15.1. The molecule has 10 amide bonds. The molecule has 0 aliphatic carbocycles. The molecule has 1 aliphatic heterocycles. The Bertz CT molecular complexity index is 3210. The van der Waals surface area contributed by atoms with Crippen LogP contribution in [0.5, 0.6) is 0 Å². The lowest BCUT2D eigenvalue weighted by Gasteiger charge is -2.28. The number of aliphatic imine (C=N–C) groups is 4. The Morgan fingerprint density at radius 2 is 0.786 bits per heavy atom. The van der Waals surface area contributed by atoms with Crippen LogP contribution in [0.15, 0.2) is 92.8 Å². The number of hydrogen-bond donors (Lipinski definition) is 18. The SMILES string of the molecule is CCOCC(=O)NPPNC(=O)COCCOCCNC(=O)CC[C@@H]1NC(=O)[C@@H](CCCN=C(N)N)NC(=O)[C@H](CCCN=C(N)N)NC(=O)[C@@H](CCCN=C(N)N)NC(=O)[C@H](CCCN=C(N)N)NC(=O)[C@H](Cc2ccc3ccccc3c2)NC(=O)[C@@H](Cc2ccccc2)NC1=O. The summed E-state index contributed by atoms with van der Waals surface area (Å²) in [6.07, 6.45) is -1.28. The Labute approximate surface area is 571 Å². The minimum Gasteiger partial charge on any atom is -0.377 e. The maximum absolute atomic E-state index is 15.1. The van der Waals surface area contributed by atoms with Crippen molar-refractivity contribution in [3.8, 4) is 0 Å². The maximum Gasteiger partial charge on any atom is 0.249 e. The number of hydrogen-bond acceptors (Lipinski definition) is 17. The van der Waals surface area contributed by atoms with Crippen molar-refractivity contribution >= 4 is 111 Å². The van der Waals surface area contributed by atoms with Gasteiger partial charge in [-0.15, -0.1) is 0 Å². The van der Waals surface area contributed by atoms with Gasteiger partial charge in [-0.2, -0.15) is 0 Å². The van der Waals surface area contributed by atoms with Crippen LogP contribution in [0.4, 0.5) is 0 Å². The number of ether oxygens (including phenoxy) is 3. The number of nitrogens with zero attached hydrogens (tertiary/aromatic N) is 4. The summed E-state index contributed by atoms with van der Waals surface area (Å²) in [5.41, 5.74) is 46.1. The Balaban J connectivity index is 1.77. The van der Waals surface area contributed by atoms with Gasteiger partial charge in [0.25, 0.3) is 0 Å². The molecular weight excluding hydrogens is 1310 g/mol. The molecule has 3 aromatic rings. The lowest BCUT2D eigenvalue weighted by molar-refractivity contribution is -0.135. The zero-order chi connectivity index (χ0) is 71.6. The molecule has 1 heterocycles. The zero-order valence-corrected chi connectivity index (χ0v) is 56.9. The third-order valence-corrected chi connectivity index (χ3v) is 16.5. The van der Waals surface area contributed by atoms with Crippen LogP contribution in [-0.4, -0.2) is 198 Å². The van der Waals surface area contributed by atoms with Crippen LogP contribution in [0.25, 0.3) is 10.8 Å². The second kappa shape index (κ2) is 45.8. The van der Waals surface area contributed by atoms with Gasteiger partial charge in [-0.05, 0) is 86.6 Å². The van der Waals surface area contributed by atoms with E-state index >= 15 is 14.4 Å². The molecule has 538 valence electrons. The number of fused-ring (bicyclic) bond motifs is 1. The van der Waals surface area contributed by atoms with E-state index in [9.17, 15) is 33.6 Å². The third-order valence-electron chi connectivity index (χ3n) is 14.5. The first-order chi connectivity index (χ1) is 47.0. The molecule has 2 unspecified atom stereocenters. The van der Waals surface area contributed by atoms with Crippen molar-refractivity contribution in [1.29, 1.82) is 0 Å². The van der Waals surface area contributed by atoms with Gasteiger partial charge >= 0.3 is 0 Å². The molecule has 9 atom stereocenters. The highest BCUT2D eigenvalue weighted by molar-refractivity contribution is 8.10. The van der Waals surface area contributed by atoms with Crippen molar-refractivity contribution in [3.05, 3.63) is 83.9 Å². The molecule has 0 saturated carbocycles. The molecule has 0 radical (unpaired) electrons. The number of carbonyl (C=O) groups is 10. The van der Waals surface area contributed by atoms with Crippen molar-refractivity contribution in [2.24, 2.45) is 65.8 Å². The van der Waals surface area contributed by atoms with E-state index in [2.05, 4.69) is 72.7 Å². The highest BCUT2D eigenvalue weighted by atomic mass is 32.0. The monoisotopic (exact) mass is 1410 g/mol. The minimum atomic E-state index is -1.61. The van der Waals surface area contributed by atoms with Gasteiger partial charge in [-0.1, -0.05) is 72.8 Å². The average Bonchev–Trinajstić information content (AvgIpc) is 0.927.